The minimum atomic E-state index is -0.765. The molecule has 1 atom stereocenters. The van der Waals surface area contributed by atoms with Gasteiger partial charge in [0, 0.05) is 4.47 Å². The fourth-order valence-electron chi connectivity index (χ4n) is 2.15. The quantitative estimate of drug-likeness (QED) is 0.859. The van der Waals surface area contributed by atoms with E-state index in [-0.39, 0.29) is 0 Å². The number of hydrogen-bond acceptors (Lipinski definition) is 3. The summed E-state index contributed by atoms with van der Waals surface area (Å²) in [6.07, 6.45) is -0.765. The van der Waals surface area contributed by atoms with Crippen LogP contribution in [0, 0.1) is 6.92 Å². The molecule has 2 aromatic carbocycles. The average Bonchev–Trinajstić information content (AvgIpc) is 2.49. The number of aliphatic hydroxyl groups is 1. The van der Waals surface area contributed by atoms with Crippen molar-refractivity contribution in [1.29, 1.82) is 0 Å². The summed E-state index contributed by atoms with van der Waals surface area (Å²) in [7, 11) is 3.16. The Bertz CT molecular complexity index is 658. The molecule has 0 heterocycles. The number of aliphatic hydroxyl groups excluding tert-OH is 1. The SMILES string of the molecule is COc1cc(C)c(C(O)c2ccc(Cl)c(Br)c2)cc1OC. The molecule has 21 heavy (non-hydrogen) atoms. The maximum absolute atomic E-state index is 10.6. The lowest BCUT2D eigenvalue weighted by molar-refractivity contribution is 0.218. The first-order valence-electron chi connectivity index (χ1n) is 6.33. The lowest BCUT2D eigenvalue weighted by Crippen LogP contribution is -2.04. The van der Waals surface area contributed by atoms with E-state index >= 15 is 0 Å². The van der Waals surface area contributed by atoms with Crippen LogP contribution in [0.2, 0.25) is 5.02 Å². The summed E-state index contributed by atoms with van der Waals surface area (Å²) in [6.45, 7) is 1.92. The van der Waals surface area contributed by atoms with Gasteiger partial charge in [-0.2, -0.15) is 0 Å². The summed E-state index contributed by atoms with van der Waals surface area (Å²) in [5.41, 5.74) is 2.44. The van der Waals surface area contributed by atoms with E-state index in [4.69, 9.17) is 21.1 Å². The zero-order valence-corrected chi connectivity index (χ0v) is 14.3. The minimum Gasteiger partial charge on any atom is -0.493 e. The fraction of sp³-hybridized carbons (Fsp3) is 0.250. The minimum absolute atomic E-state index is 0.588. The zero-order valence-electron chi connectivity index (χ0n) is 12.0. The number of benzene rings is 2. The molecule has 112 valence electrons. The van der Waals surface area contributed by atoms with Crippen molar-refractivity contribution in [3.05, 3.63) is 56.5 Å². The van der Waals surface area contributed by atoms with Crippen LogP contribution in [0.5, 0.6) is 11.5 Å². The molecule has 0 aliphatic heterocycles. The predicted molar refractivity (Wildman–Crippen MR) is 87.5 cm³/mol. The van der Waals surface area contributed by atoms with Gasteiger partial charge in [0.15, 0.2) is 11.5 Å². The van der Waals surface area contributed by atoms with Crippen molar-refractivity contribution in [2.75, 3.05) is 14.2 Å². The zero-order chi connectivity index (χ0) is 15.6. The molecule has 0 aliphatic rings. The Hall–Kier alpha value is -1.23. The second-order valence-corrected chi connectivity index (χ2v) is 5.90. The van der Waals surface area contributed by atoms with Gasteiger partial charge in [-0.15, -0.1) is 0 Å². The van der Waals surface area contributed by atoms with Crippen LogP contribution in [0.25, 0.3) is 0 Å². The molecule has 3 nitrogen and oxygen atoms in total. The van der Waals surface area contributed by atoms with Crippen molar-refractivity contribution >= 4 is 27.5 Å². The van der Waals surface area contributed by atoms with Gasteiger partial charge < -0.3 is 14.6 Å². The number of ether oxygens (including phenoxy) is 2. The molecule has 0 radical (unpaired) electrons. The van der Waals surface area contributed by atoms with Gasteiger partial charge >= 0.3 is 0 Å². The van der Waals surface area contributed by atoms with E-state index in [0.717, 1.165) is 21.2 Å². The van der Waals surface area contributed by atoms with Crippen molar-refractivity contribution in [3.63, 3.8) is 0 Å². The van der Waals surface area contributed by atoms with E-state index in [1.807, 2.05) is 19.1 Å². The van der Waals surface area contributed by atoms with E-state index in [1.165, 1.54) is 0 Å². The van der Waals surface area contributed by atoms with Crippen LogP contribution in [0.1, 0.15) is 22.8 Å². The molecule has 2 rings (SSSR count). The van der Waals surface area contributed by atoms with E-state index in [1.54, 1.807) is 32.4 Å². The fourth-order valence-corrected chi connectivity index (χ4v) is 2.67. The Labute approximate surface area is 137 Å². The highest BCUT2D eigenvalue weighted by atomic mass is 79.9. The highest BCUT2D eigenvalue weighted by Gasteiger charge is 2.17. The lowest BCUT2D eigenvalue weighted by atomic mass is 9.97. The standard InChI is InChI=1S/C16H16BrClO3/c1-9-6-14(20-2)15(21-3)8-11(9)16(19)10-4-5-13(18)12(17)7-10/h4-8,16,19H,1-3H3. The Morgan fingerprint density at radius 1 is 1.10 bits per heavy atom. The van der Waals surface area contributed by atoms with E-state index in [2.05, 4.69) is 15.9 Å². The number of halogens is 2. The van der Waals surface area contributed by atoms with E-state index in [9.17, 15) is 5.11 Å². The van der Waals surface area contributed by atoms with Crippen LogP contribution in [0.4, 0.5) is 0 Å². The van der Waals surface area contributed by atoms with Crippen molar-refractivity contribution in [3.8, 4) is 11.5 Å². The van der Waals surface area contributed by atoms with Crippen LogP contribution in [0.15, 0.2) is 34.8 Å². The topological polar surface area (TPSA) is 38.7 Å². The van der Waals surface area contributed by atoms with Crippen LogP contribution in [-0.4, -0.2) is 19.3 Å². The number of methoxy groups -OCH3 is 2. The van der Waals surface area contributed by atoms with E-state index in [0.29, 0.717) is 16.5 Å². The monoisotopic (exact) mass is 370 g/mol. The number of rotatable bonds is 4. The van der Waals surface area contributed by atoms with Crippen LogP contribution in [0.3, 0.4) is 0 Å². The number of aryl methyl sites for hydroxylation is 1. The first-order valence-corrected chi connectivity index (χ1v) is 7.50. The van der Waals surface area contributed by atoms with Gasteiger partial charge in [0.1, 0.15) is 6.10 Å². The molecule has 0 bridgehead atoms. The van der Waals surface area contributed by atoms with Crippen molar-refractivity contribution in [2.45, 2.75) is 13.0 Å². The molecule has 0 aromatic heterocycles. The molecule has 1 unspecified atom stereocenters. The van der Waals surface area contributed by atoms with Gasteiger partial charge in [0.05, 0.1) is 19.2 Å². The van der Waals surface area contributed by atoms with Crippen LogP contribution in [-0.2, 0) is 0 Å². The summed E-state index contributed by atoms with van der Waals surface area (Å²) in [5, 5.41) is 11.2. The molecule has 1 N–H and O–H groups in total. The molecule has 0 saturated heterocycles. The van der Waals surface area contributed by atoms with Gasteiger partial charge in [0.2, 0.25) is 0 Å². The maximum atomic E-state index is 10.6. The largest absolute Gasteiger partial charge is 0.493 e. The molecule has 5 heteroatoms. The Morgan fingerprint density at radius 3 is 2.29 bits per heavy atom. The highest BCUT2D eigenvalue weighted by Crippen LogP contribution is 2.36. The predicted octanol–water partition coefficient (Wildman–Crippen LogP) is 4.51. The molecule has 0 spiro atoms. The third-order valence-corrected chi connectivity index (χ3v) is 4.54. The van der Waals surface area contributed by atoms with Crippen molar-refractivity contribution < 1.29 is 14.6 Å². The normalized spacial score (nSPS) is 12.1. The molecular weight excluding hydrogens is 356 g/mol. The maximum Gasteiger partial charge on any atom is 0.161 e. The average molecular weight is 372 g/mol. The summed E-state index contributed by atoms with van der Waals surface area (Å²) >= 11 is 9.35. The van der Waals surface area contributed by atoms with Crippen molar-refractivity contribution in [1.82, 2.24) is 0 Å². The van der Waals surface area contributed by atoms with Gasteiger partial charge in [-0.1, -0.05) is 17.7 Å². The smallest absolute Gasteiger partial charge is 0.161 e. The van der Waals surface area contributed by atoms with Gasteiger partial charge in [-0.3, -0.25) is 0 Å². The third-order valence-electron chi connectivity index (χ3n) is 3.33. The second-order valence-electron chi connectivity index (χ2n) is 4.64. The van der Waals surface area contributed by atoms with Crippen LogP contribution < -0.4 is 9.47 Å². The summed E-state index contributed by atoms with van der Waals surface area (Å²) in [6, 6.07) is 9.00. The Morgan fingerprint density at radius 2 is 1.71 bits per heavy atom. The lowest BCUT2D eigenvalue weighted by Gasteiger charge is -2.18. The first-order chi connectivity index (χ1) is 9.97. The van der Waals surface area contributed by atoms with Gasteiger partial charge in [-0.25, -0.2) is 0 Å². The summed E-state index contributed by atoms with van der Waals surface area (Å²) in [5.74, 6) is 1.23. The summed E-state index contributed by atoms with van der Waals surface area (Å²) in [4.78, 5) is 0. The molecule has 0 aliphatic carbocycles. The molecule has 0 fully saturated rings. The van der Waals surface area contributed by atoms with Crippen LogP contribution >= 0.6 is 27.5 Å². The number of hydrogen-bond donors (Lipinski definition) is 1. The van der Waals surface area contributed by atoms with Gasteiger partial charge in [-0.05, 0) is 63.8 Å². The Balaban J connectivity index is 2.47. The molecule has 0 amide bonds. The molecule has 2 aromatic rings. The molecular formula is C16H16BrClO3. The van der Waals surface area contributed by atoms with Crippen molar-refractivity contribution in [2.24, 2.45) is 0 Å². The summed E-state index contributed by atoms with van der Waals surface area (Å²) < 4.78 is 11.3. The first kappa shape index (κ1) is 16.1. The Kier molecular flexibility index (Phi) is 5.14. The van der Waals surface area contributed by atoms with E-state index < -0.39 is 6.10 Å². The highest BCUT2D eigenvalue weighted by molar-refractivity contribution is 9.10. The van der Waals surface area contributed by atoms with Gasteiger partial charge in [0.25, 0.3) is 0 Å². The second kappa shape index (κ2) is 6.69. The third kappa shape index (κ3) is 3.34. The molecule has 0 saturated carbocycles.